The zero-order valence-corrected chi connectivity index (χ0v) is 16.2. The summed E-state index contributed by atoms with van der Waals surface area (Å²) in [6, 6.07) is 7.73. The van der Waals surface area contributed by atoms with Gasteiger partial charge in [0.05, 0.1) is 11.7 Å². The Bertz CT molecular complexity index is 744. The van der Waals surface area contributed by atoms with E-state index in [0.717, 1.165) is 46.8 Å². The number of aryl methyl sites for hydroxylation is 1. The second-order valence-corrected chi connectivity index (χ2v) is 8.49. The Labute approximate surface area is 157 Å². The first-order valence-electron chi connectivity index (χ1n) is 8.73. The van der Waals surface area contributed by atoms with E-state index in [1.807, 2.05) is 31.2 Å². The van der Waals surface area contributed by atoms with Crippen molar-refractivity contribution in [1.29, 1.82) is 0 Å². The van der Waals surface area contributed by atoms with Crippen LogP contribution < -0.4 is 11.1 Å². The van der Waals surface area contributed by atoms with Gasteiger partial charge in [-0.1, -0.05) is 30.2 Å². The van der Waals surface area contributed by atoms with E-state index in [-0.39, 0.29) is 23.9 Å². The SMILES string of the molecule is Cc1sc(C(C)NC(=O)C2CCCC(N)C2)nc1-c1ccc(Cl)cc1. The number of nitrogens with zero attached hydrogens (tertiary/aromatic N) is 1. The summed E-state index contributed by atoms with van der Waals surface area (Å²) in [5, 5.41) is 4.76. The first-order chi connectivity index (χ1) is 11.9. The Hall–Kier alpha value is -1.43. The average Bonchev–Trinajstić information content (AvgIpc) is 2.97. The molecule has 1 aliphatic carbocycles. The van der Waals surface area contributed by atoms with Gasteiger partial charge in [-0.3, -0.25) is 4.79 Å². The molecule has 3 N–H and O–H groups in total. The molecule has 25 heavy (non-hydrogen) atoms. The van der Waals surface area contributed by atoms with Gasteiger partial charge in [0.25, 0.3) is 0 Å². The predicted octanol–water partition coefficient (Wildman–Crippen LogP) is 4.47. The lowest BCUT2D eigenvalue weighted by Gasteiger charge is -2.26. The molecule has 4 nitrogen and oxygen atoms in total. The van der Waals surface area contributed by atoms with Gasteiger partial charge in [0.1, 0.15) is 5.01 Å². The molecule has 134 valence electrons. The van der Waals surface area contributed by atoms with E-state index in [4.69, 9.17) is 22.3 Å². The zero-order valence-electron chi connectivity index (χ0n) is 14.6. The fourth-order valence-corrected chi connectivity index (χ4v) is 4.41. The third kappa shape index (κ3) is 4.40. The van der Waals surface area contributed by atoms with Gasteiger partial charge in [-0.2, -0.15) is 0 Å². The minimum Gasteiger partial charge on any atom is -0.347 e. The number of nitrogens with one attached hydrogen (secondary N) is 1. The molecule has 0 spiro atoms. The number of carbonyl (C=O) groups excluding carboxylic acids is 1. The maximum Gasteiger partial charge on any atom is 0.223 e. The lowest BCUT2D eigenvalue weighted by atomic mass is 9.85. The van der Waals surface area contributed by atoms with E-state index in [2.05, 4.69) is 12.2 Å². The van der Waals surface area contributed by atoms with Crippen molar-refractivity contribution < 1.29 is 4.79 Å². The van der Waals surface area contributed by atoms with Crippen LogP contribution in [0.1, 0.15) is 48.5 Å². The predicted molar refractivity (Wildman–Crippen MR) is 104 cm³/mol. The van der Waals surface area contributed by atoms with Crippen molar-refractivity contribution in [2.75, 3.05) is 0 Å². The molecular weight excluding hydrogens is 354 g/mol. The summed E-state index contributed by atoms with van der Waals surface area (Å²) < 4.78 is 0. The second kappa shape index (κ2) is 7.85. The molecule has 1 heterocycles. The van der Waals surface area contributed by atoms with Gasteiger partial charge in [-0.05, 0) is 45.2 Å². The van der Waals surface area contributed by atoms with Gasteiger partial charge in [-0.25, -0.2) is 4.98 Å². The summed E-state index contributed by atoms with van der Waals surface area (Å²) in [5.41, 5.74) is 8.00. The van der Waals surface area contributed by atoms with Gasteiger partial charge in [-0.15, -0.1) is 11.3 Å². The van der Waals surface area contributed by atoms with E-state index in [9.17, 15) is 4.79 Å². The summed E-state index contributed by atoms with van der Waals surface area (Å²) in [6.07, 6.45) is 3.77. The third-order valence-electron chi connectivity index (χ3n) is 4.75. The molecule has 3 rings (SSSR count). The first-order valence-corrected chi connectivity index (χ1v) is 9.92. The van der Waals surface area contributed by atoms with Crippen LogP contribution in [0, 0.1) is 12.8 Å². The molecule has 1 amide bonds. The number of hydrogen-bond donors (Lipinski definition) is 2. The van der Waals surface area contributed by atoms with Gasteiger partial charge < -0.3 is 11.1 Å². The number of hydrogen-bond acceptors (Lipinski definition) is 4. The Morgan fingerprint density at radius 1 is 1.36 bits per heavy atom. The molecule has 3 atom stereocenters. The van der Waals surface area contributed by atoms with Crippen LogP contribution in [0.15, 0.2) is 24.3 Å². The van der Waals surface area contributed by atoms with E-state index >= 15 is 0 Å². The largest absolute Gasteiger partial charge is 0.347 e. The smallest absolute Gasteiger partial charge is 0.223 e. The highest BCUT2D eigenvalue weighted by molar-refractivity contribution is 7.12. The molecule has 0 aliphatic heterocycles. The van der Waals surface area contributed by atoms with Gasteiger partial charge in [0.15, 0.2) is 0 Å². The summed E-state index contributed by atoms with van der Waals surface area (Å²) in [6.45, 7) is 4.05. The molecule has 1 saturated carbocycles. The lowest BCUT2D eigenvalue weighted by Crippen LogP contribution is -2.38. The van der Waals surface area contributed by atoms with Gasteiger partial charge >= 0.3 is 0 Å². The van der Waals surface area contributed by atoms with Crippen molar-refractivity contribution in [3.63, 3.8) is 0 Å². The van der Waals surface area contributed by atoms with Crippen LogP contribution in [0.5, 0.6) is 0 Å². The van der Waals surface area contributed by atoms with Crippen LogP contribution in [-0.2, 0) is 4.79 Å². The zero-order chi connectivity index (χ0) is 18.0. The highest BCUT2D eigenvalue weighted by atomic mass is 35.5. The van der Waals surface area contributed by atoms with Crippen LogP contribution in [0.4, 0.5) is 0 Å². The number of aromatic nitrogens is 1. The number of rotatable bonds is 4. The van der Waals surface area contributed by atoms with Crippen LogP contribution >= 0.6 is 22.9 Å². The van der Waals surface area contributed by atoms with Crippen molar-refractivity contribution in [3.05, 3.63) is 39.2 Å². The summed E-state index contributed by atoms with van der Waals surface area (Å²) in [7, 11) is 0. The van der Waals surface area contributed by atoms with Crippen LogP contribution in [-0.4, -0.2) is 16.9 Å². The number of benzene rings is 1. The van der Waals surface area contributed by atoms with Crippen LogP contribution in [0.3, 0.4) is 0 Å². The fraction of sp³-hybridized carbons (Fsp3) is 0.474. The van der Waals surface area contributed by atoms with E-state index in [0.29, 0.717) is 5.02 Å². The number of carbonyl (C=O) groups is 1. The molecule has 0 radical (unpaired) electrons. The van der Waals surface area contributed by atoms with Crippen molar-refractivity contribution in [2.45, 2.75) is 51.6 Å². The normalized spacial score (nSPS) is 21.8. The molecule has 0 saturated heterocycles. The number of halogens is 1. The maximum atomic E-state index is 12.5. The minimum atomic E-state index is -0.101. The highest BCUT2D eigenvalue weighted by Crippen LogP contribution is 2.31. The number of thiazole rings is 1. The average molecular weight is 378 g/mol. The van der Waals surface area contributed by atoms with Gasteiger partial charge in [0, 0.05) is 27.4 Å². The van der Waals surface area contributed by atoms with E-state index in [1.165, 1.54) is 0 Å². The molecule has 1 aromatic carbocycles. The third-order valence-corrected chi connectivity index (χ3v) is 6.15. The number of amides is 1. The Morgan fingerprint density at radius 2 is 2.08 bits per heavy atom. The molecule has 0 bridgehead atoms. The van der Waals surface area contributed by atoms with Crippen molar-refractivity contribution >= 4 is 28.8 Å². The molecule has 3 unspecified atom stereocenters. The minimum absolute atomic E-state index is 0.0306. The quantitative estimate of drug-likeness (QED) is 0.826. The van der Waals surface area contributed by atoms with Crippen LogP contribution in [0.2, 0.25) is 5.02 Å². The monoisotopic (exact) mass is 377 g/mol. The van der Waals surface area contributed by atoms with Gasteiger partial charge in [0.2, 0.25) is 5.91 Å². The Kier molecular flexibility index (Phi) is 5.77. The molecule has 1 aromatic heterocycles. The summed E-state index contributed by atoms with van der Waals surface area (Å²) in [5.74, 6) is 0.131. The molecule has 1 aliphatic rings. The fourth-order valence-electron chi connectivity index (χ4n) is 3.34. The molecule has 2 aromatic rings. The van der Waals surface area contributed by atoms with Crippen LogP contribution in [0.25, 0.3) is 11.3 Å². The first kappa shape index (κ1) is 18.4. The maximum absolute atomic E-state index is 12.5. The number of nitrogens with two attached hydrogens (primary N) is 1. The van der Waals surface area contributed by atoms with E-state index in [1.54, 1.807) is 11.3 Å². The standard InChI is InChI=1S/C19H24ClN3OS/c1-11(22-18(24)14-4-3-5-16(21)10-14)19-23-17(12(2)25-19)13-6-8-15(20)9-7-13/h6-9,11,14,16H,3-5,10,21H2,1-2H3,(H,22,24). The van der Waals surface area contributed by atoms with E-state index < -0.39 is 0 Å². The van der Waals surface area contributed by atoms with Crippen molar-refractivity contribution in [3.8, 4) is 11.3 Å². The highest BCUT2D eigenvalue weighted by Gasteiger charge is 2.27. The molecule has 6 heteroatoms. The van der Waals surface area contributed by atoms with Crippen molar-refractivity contribution in [2.24, 2.45) is 11.7 Å². The second-order valence-electron chi connectivity index (χ2n) is 6.82. The molecule has 1 fully saturated rings. The Morgan fingerprint density at radius 3 is 2.76 bits per heavy atom. The molecular formula is C19H24ClN3OS. The summed E-state index contributed by atoms with van der Waals surface area (Å²) >= 11 is 7.59. The lowest BCUT2D eigenvalue weighted by molar-refractivity contribution is -0.126. The Balaban J connectivity index is 1.70. The topological polar surface area (TPSA) is 68.0 Å². The summed E-state index contributed by atoms with van der Waals surface area (Å²) in [4.78, 5) is 18.4. The van der Waals surface area contributed by atoms with Crippen molar-refractivity contribution in [1.82, 2.24) is 10.3 Å².